The lowest BCUT2D eigenvalue weighted by Gasteiger charge is -2.10. The van der Waals surface area contributed by atoms with Crippen molar-refractivity contribution >= 4 is 28.2 Å². The van der Waals surface area contributed by atoms with E-state index in [4.69, 9.17) is 9.47 Å². The van der Waals surface area contributed by atoms with Gasteiger partial charge in [0, 0.05) is 10.9 Å². The van der Waals surface area contributed by atoms with Crippen LogP contribution in [0.15, 0.2) is 18.2 Å². The molecule has 0 unspecified atom stereocenters. The summed E-state index contributed by atoms with van der Waals surface area (Å²) in [6, 6.07) is 2.85. The highest BCUT2D eigenvalue weighted by molar-refractivity contribution is 7.17. The Labute approximate surface area is 165 Å². The van der Waals surface area contributed by atoms with E-state index in [1.54, 1.807) is 6.92 Å². The van der Waals surface area contributed by atoms with Crippen LogP contribution in [0.2, 0.25) is 0 Å². The number of fused-ring (bicyclic) bond motifs is 1. The molecule has 8 heteroatoms. The minimum atomic E-state index is -0.886. The molecular weight excluding hydrogens is 388 g/mol. The van der Waals surface area contributed by atoms with Crippen molar-refractivity contribution in [1.29, 1.82) is 0 Å². The smallest absolute Gasteiger partial charge is 0.341 e. The molecule has 1 heterocycles. The predicted molar refractivity (Wildman–Crippen MR) is 102 cm³/mol. The first-order valence-electron chi connectivity index (χ1n) is 9.19. The molecule has 0 spiro atoms. The van der Waals surface area contributed by atoms with Gasteiger partial charge < -0.3 is 14.8 Å². The molecular formula is C20H21F2NO4S. The van der Waals surface area contributed by atoms with Crippen LogP contribution in [0.1, 0.15) is 47.0 Å². The summed E-state index contributed by atoms with van der Waals surface area (Å²) in [5.74, 6) is -2.83. The van der Waals surface area contributed by atoms with Crippen LogP contribution in [0.4, 0.5) is 13.8 Å². The molecule has 0 saturated carbocycles. The third-order valence-electron chi connectivity index (χ3n) is 4.41. The third kappa shape index (κ3) is 4.67. The molecule has 28 heavy (non-hydrogen) atoms. The lowest BCUT2D eigenvalue weighted by molar-refractivity contribution is -0.118. The number of aryl methyl sites for hydroxylation is 1. The number of thiophene rings is 1. The van der Waals surface area contributed by atoms with Crippen molar-refractivity contribution in [2.24, 2.45) is 0 Å². The number of hydrogen-bond acceptors (Lipinski definition) is 5. The summed E-state index contributed by atoms with van der Waals surface area (Å²) < 4.78 is 36.9. The van der Waals surface area contributed by atoms with Crippen LogP contribution in [0.5, 0.6) is 5.75 Å². The third-order valence-corrected chi connectivity index (χ3v) is 5.61. The molecule has 0 fully saturated rings. The first-order chi connectivity index (χ1) is 13.5. The van der Waals surface area contributed by atoms with Gasteiger partial charge in [0.1, 0.15) is 10.8 Å². The van der Waals surface area contributed by atoms with Gasteiger partial charge in [0.15, 0.2) is 18.2 Å². The zero-order chi connectivity index (χ0) is 20.1. The summed E-state index contributed by atoms with van der Waals surface area (Å²) in [4.78, 5) is 25.8. The number of rotatable bonds is 6. The zero-order valence-electron chi connectivity index (χ0n) is 15.5. The van der Waals surface area contributed by atoms with E-state index in [-0.39, 0.29) is 12.4 Å². The Kier molecular flexibility index (Phi) is 6.61. The number of esters is 1. The number of amides is 1. The maximum Gasteiger partial charge on any atom is 0.341 e. The van der Waals surface area contributed by atoms with E-state index < -0.39 is 30.1 Å². The average molecular weight is 409 g/mol. The fraction of sp³-hybridized carbons (Fsp3) is 0.400. The summed E-state index contributed by atoms with van der Waals surface area (Å²) in [5.41, 5.74) is 1.35. The molecule has 0 aliphatic heterocycles. The largest absolute Gasteiger partial charge is 0.481 e. The lowest BCUT2D eigenvalue weighted by atomic mass is 10.1. The Hall–Kier alpha value is -2.48. The minimum Gasteiger partial charge on any atom is -0.481 e. The van der Waals surface area contributed by atoms with E-state index in [9.17, 15) is 18.4 Å². The van der Waals surface area contributed by atoms with Gasteiger partial charge in [0.05, 0.1) is 12.2 Å². The molecule has 0 saturated heterocycles. The van der Waals surface area contributed by atoms with Crippen LogP contribution < -0.4 is 10.1 Å². The van der Waals surface area contributed by atoms with Crippen LogP contribution in [-0.2, 0) is 22.4 Å². The number of halogens is 2. The van der Waals surface area contributed by atoms with Crippen LogP contribution >= 0.6 is 11.3 Å². The van der Waals surface area contributed by atoms with Crippen molar-refractivity contribution in [2.75, 3.05) is 18.5 Å². The van der Waals surface area contributed by atoms with Crippen LogP contribution in [-0.4, -0.2) is 25.1 Å². The summed E-state index contributed by atoms with van der Waals surface area (Å²) in [7, 11) is 0. The topological polar surface area (TPSA) is 64.6 Å². The molecule has 3 rings (SSSR count). The fourth-order valence-corrected chi connectivity index (χ4v) is 4.44. The predicted octanol–water partition coefficient (Wildman–Crippen LogP) is 4.49. The van der Waals surface area contributed by atoms with Crippen molar-refractivity contribution in [3.8, 4) is 5.75 Å². The van der Waals surface area contributed by atoms with E-state index in [1.807, 2.05) is 0 Å². The van der Waals surface area contributed by atoms with Gasteiger partial charge in [0.25, 0.3) is 5.91 Å². The number of carbonyl (C=O) groups excluding carboxylic acids is 2. The molecule has 2 aromatic rings. The molecule has 150 valence electrons. The highest BCUT2D eigenvalue weighted by Crippen LogP contribution is 2.38. The normalized spacial score (nSPS) is 13.4. The van der Waals surface area contributed by atoms with Crippen molar-refractivity contribution in [3.63, 3.8) is 0 Å². The standard InChI is InChI=1S/C20H21F2NO4S/c1-2-26-20(25)18-13-6-4-3-5-7-16(13)28-19(18)23-17(24)11-27-15-9-8-12(21)10-14(15)22/h8-10H,2-7,11H2,1H3,(H,23,24). The van der Waals surface area contributed by atoms with Crippen LogP contribution in [0.3, 0.4) is 0 Å². The van der Waals surface area contributed by atoms with Crippen molar-refractivity contribution in [2.45, 2.75) is 39.0 Å². The van der Waals surface area contributed by atoms with Gasteiger partial charge in [-0.05, 0) is 50.3 Å². The molecule has 5 nitrogen and oxygen atoms in total. The van der Waals surface area contributed by atoms with E-state index in [1.165, 1.54) is 11.3 Å². The summed E-state index contributed by atoms with van der Waals surface area (Å²) in [6.45, 7) is 1.50. The number of carbonyl (C=O) groups is 2. The highest BCUT2D eigenvalue weighted by atomic mass is 32.1. The molecule has 1 aromatic heterocycles. The van der Waals surface area contributed by atoms with Crippen molar-refractivity contribution in [3.05, 3.63) is 45.8 Å². The molecule has 1 amide bonds. The van der Waals surface area contributed by atoms with Gasteiger partial charge >= 0.3 is 5.97 Å². The Morgan fingerprint density at radius 2 is 1.96 bits per heavy atom. The Balaban J connectivity index is 1.75. The summed E-state index contributed by atoms with van der Waals surface area (Å²) in [6.07, 6.45) is 4.75. The quantitative estimate of drug-likeness (QED) is 0.564. The Bertz CT molecular complexity index is 881. The number of anilines is 1. The monoisotopic (exact) mass is 409 g/mol. The van der Waals surface area contributed by atoms with Gasteiger partial charge in [-0.3, -0.25) is 4.79 Å². The van der Waals surface area contributed by atoms with Crippen LogP contribution in [0.25, 0.3) is 0 Å². The minimum absolute atomic E-state index is 0.218. The van der Waals surface area contributed by atoms with Gasteiger partial charge in [-0.2, -0.15) is 0 Å². The lowest BCUT2D eigenvalue weighted by Crippen LogP contribution is -2.21. The van der Waals surface area contributed by atoms with Crippen molar-refractivity contribution < 1.29 is 27.8 Å². The first-order valence-corrected chi connectivity index (χ1v) is 10.0. The van der Waals surface area contributed by atoms with E-state index in [0.29, 0.717) is 16.6 Å². The molecule has 1 N–H and O–H groups in total. The highest BCUT2D eigenvalue weighted by Gasteiger charge is 2.26. The number of hydrogen-bond donors (Lipinski definition) is 1. The van der Waals surface area contributed by atoms with E-state index >= 15 is 0 Å². The first kappa shape index (κ1) is 20.3. The van der Waals surface area contributed by atoms with Gasteiger partial charge in [-0.1, -0.05) is 6.42 Å². The molecule has 0 atom stereocenters. The van der Waals surface area contributed by atoms with Crippen LogP contribution in [0, 0.1) is 11.6 Å². The Morgan fingerprint density at radius 1 is 1.18 bits per heavy atom. The summed E-state index contributed by atoms with van der Waals surface area (Å²) >= 11 is 1.37. The summed E-state index contributed by atoms with van der Waals surface area (Å²) in [5, 5.41) is 3.11. The van der Waals surface area contributed by atoms with E-state index in [0.717, 1.165) is 54.7 Å². The second-order valence-corrected chi connectivity index (χ2v) is 7.51. The van der Waals surface area contributed by atoms with Gasteiger partial charge in [-0.25, -0.2) is 13.6 Å². The molecule has 1 aromatic carbocycles. The average Bonchev–Trinajstić information content (AvgIpc) is 2.82. The maximum atomic E-state index is 13.6. The number of ether oxygens (including phenoxy) is 2. The SMILES string of the molecule is CCOC(=O)c1c(NC(=O)COc2ccc(F)cc2F)sc2c1CCCCC2. The maximum absolute atomic E-state index is 13.6. The second kappa shape index (κ2) is 9.14. The molecule has 1 aliphatic carbocycles. The number of nitrogens with one attached hydrogen (secondary N) is 1. The fourth-order valence-electron chi connectivity index (χ4n) is 3.15. The zero-order valence-corrected chi connectivity index (χ0v) is 16.3. The van der Waals surface area contributed by atoms with E-state index in [2.05, 4.69) is 5.32 Å². The van der Waals surface area contributed by atoms with Crippen molar-refractivity contribution in [1.82, 2.24) is 0 Å². The second-order valence-electron chi connectivity index (χ2n) is 6.40. The Morgan fingerprint density at radius 3 is 2.71 bits per heavy atom. The van der Waals surface area contributed by atoms with Gasteiger partial charge in [-0.15, -0.1) is 11.3 Å². The molecule has 0 radical (unpaired) electrons. The molecule has 1 aliphatic rings. The molecule has 0 bridgehead atoms. The van der Waals surface area contributed by atoms with Gasteiger partial charge in [0.2, 0.25) is 0 Å². The number of benzene rings is 1.